The molecule has 0 aliphatic rings. The maximum absolute atomic E-state index is 8.76. The molecule has 1 aromatic heterocycles. The molecule has 1 heterocycles. The average Bonchev–Trinajstić information content (AvgIpc) is 2.96. The normalized spacial score (nSPS) is 12.0. The largest absolute Gasteiger partial charge is 0.337 e. The van der Waals surface area contributed by atoms with Gasteiger partial charge in [-0.2, -0.15) is 5.26 Å². The first-order chi connectivity index (χ1) is 9.29. The molecule has 98 valence electrons. The minimum atomic E-state index is 0.301. The standard InChI is InChI=1S/C15H18N4/c1-13(15-5-3-14(11-16)4-6-15)18-7-2-9-19-10-8-17-12-19/h3-6,8,10,12-13,18H,2,7,9H2,1H3. The molecule has 0 saturated carbocycles. The van der Waals surface area contributed by atoms with E-state index in [-0.39, 0.29) is 0 Å². The monoisotopic (exact) mass is 254 g/mol. The highest BCUT2D eigenvalue weighted by Crippen LogP contribution is 2.12. The van der Waals surface area contributed by atoms with E-state index in [0.29, 0.717) is 11.6 Å². The molecule has 2 aromatic rings. The van der Waals surface area contributed by atoms with Crippen molar-refractivity contribution in [2.75, 3.05) is 6.54 Å². The van der Waals surface area contributed by atoms with Crippen LogP contribution in [-0.2, 0) is 6.54 Å². The summed E-state index contributed by atoms with van der Waals surface area (Å²) in [4.78, 5) is 4.02. The number of imidazole rings is 1. The van der Waals surface area contributed by atoms with Crippen LogP contribution in [0.5, 0.6) is 0 Å². The Morgan fingerprint density at radius 2 is 2.16 bits per heavy atom. The number of nitrogens with zero attached hydrogens (tertiary/aromatic N) is 3. The van der Waals surface area contributed by atoms with E-state index in [1.54, 1.807) is 6.20 Å². The number of hydrogen-bond acceptors (Lipinski definition) is 3. The van der Waals surface area contributed by atoms with Gasteiger partial charge >= 0.3 is 0 Å². The SMILES string of the molecule is CC(NCCCn1ccnc1)c1ccc(C#N)cc1. The van der Waals surface area contributed by atoms with Gasteiger partial charge in [0.1, 0.15) is 0 Å². The first-order valence-corrected chi connectivity index (χ1v) is 6.49. The van der Waals surface area contributed by atoms with E-state index in [4.69, 9.17) is 5.26 Å². The maximum Gasteiger partial charge on any atom is 0.0991 e. The molecule has 1 aromatic carbocycles. The van der Waals surface area contributed by atoms with Crippen molar-refractivity contribution in [2.24, 2.45) is 0 Å². The van der Waals surface area contributed by atoms with Crippen LogP contribution in [0.3, 0.4) is 0 Å². The fourth-order valence-electron chi connectivity index (χ4n) is 1.96. The van der Waals surface area contributed by atoms with Gasteiger partial charge in [0.05, 0.1) is 18.0 Å². The van der Waals surface area contributed by atoms with Gasteiger partial charge in [0.25, 0.3) is 0 Å². The van der Waals surface area contributed by atoms with Crippen LogP contribution < -0.4 is 5.32 Å². The zero-order valence-corrected chi connectivity index (χ0v) is 11.1. The van der Waals surface area contributed by atoms with E-state index in [1.165, 1.54) is 5.56 Å². The zero-order valence-electron chi connectivity index (χ0n) is 11.1. The van der Waals surface area contributed by atoms with E-state index in [2.05, 4.69) is 27.9 Å². The molecule has 4 nitrogen and oxygen atoms in total. The molecule has 1 N–H and O–H groups in total. The number of aromatic nitrogens is 2. The molecule has 19 heavy (non-hydrogen) atoms. The van der Waals surface area contributed by atoms with Crippen LogP contribution in [0.2, 0.25) is 0 Å². The fraction of sp³-hybridized carbons (Fsp3) is 0.333. The second kappa shape index (κ2) is 6.72. The van der Waals surface area contributed by atoms with Crippen molar-refractivity contribution < 1.29 is 0 Å². The Balaban J connectivity index is 1.74. The average molecular weight is 254 g/mol. The number of hydrogen-bond donors (Lipinski definition) is 1. The van der Waals surface area contributed by atoms with Gasteiger partial charge in [-0.25, -0.2) is 4.98 Å². The molecule has 0 spiro atoms. The number of nitriles is 1. The lowest BCUT2D eigenvalue weighted by Crippen LogP contribution is -2.20. The van der Waals surface area contributed by atoms with E-state index >= 15 is 0 Å². The van der Waals surface area contributed by atoms with Gasteiger partial charge < -0.3 is 9.88 Å². The molecule has 2 rings (SSSR count). The lowest BCUT2D eigenvalue weighted by Gasteiger charge is -2.14. The zero-order chi connectivity index (χ0) is 13.5. The van der Waals surface area contributed by atoms with Crippen LogP contribution in [-0.4, -0.2) is 16.1 Å². The van der Waals surface area contributed by atoms with Gasteiger partial charge in [-0.05, 0) is 37.6 Å². The lowest BCUT2D eigenvalue weighted by molar-refractivity contribution is 0.526. The summed E-state index contributed by atoms with van der Waals surface area (Å²) in [7, 11) is 0. The Morgan fingerprint density at radius 3 is 2.79 bits per heavy atom. The molecule has 0 radical (unpaired) electrons. The third-order valence-electron chi connectivity index (χ3n) is 3.14. The van der Waals surface area contributed by atoms with Gasteiger partial charge in [-0.3, -0.25) is 0 Å². The Kier molecular flexibility index (Phi) is 4.71. The Bertz CT molecular complexity index is 522. The van der Waals surface area contributed by atoms with E-state index < -0.39 is 0 Å². The number of rotatable bonds is 6. The third-order valence-corrected chi connectivity index (χ3v) is 3.14. The van der Waals surface area contributed by atoms with Crippen molar-refractivity contribution in [1.82, 2.24) is 14.9 Å². The molecular weight excluding hydrogens is 236 g/mol. The molecule has 4 heteroatoms. The second-order valence-electron chi connectivity index (χ2n) is 4.56. The van der Waals surface area contributed by atoms with E-state index in [9.17, 15) is 0 Å². The molecular formula is C15H18N4. The van der Waals surface area contributed by atoms with E-state index in [1.807, 2.05) is 36.8 Å². The van der Waals surface area contributed by atoms with Crippen LogP contribution in [0.15, 0.2) is 43.0 Å². The molecule has 0 saturated heterocycles. The van der Waals surface area contributed by atoms with Crippen molar-refractivity contribution in [2.45, 2.75) is 25.9 Å². The molecule has 0 fully saturated rings. The van der Waals surface area contributed by atoms with Crippen LogP contribution >= 0.6 is 0 Å². The number of aryl methyl sites for hydroxylation is 1. The number of benzene rings is 1. The van der Waals surface area contributed by atoms with Gasteiger partial charge in [0, 0.05) is 25.0 Å². The minimum Gasteiger partial charge on any atom is -0.337 e. The highest BCUT2D eigenvalue weighted by atomic mass is 15.0. The minimum absolute atomic E-state index is 0.301. The highest BCUT2D eigenvalue weighted by Gasteiger charge is 2.04. The predicted octanol–water partition coefficient (Wildman–Crippen LogP) is 2.50. The van der Waals surface area contributed by atoms with Crippen LogP contribution in [0, 0.1) is 11.3 Å². The molecule has 0 bridgehead atoms. The quantitative estimate of drug-likeness (QED) is 0.806. The fourth-order valence-corrected chi connectivity index (χ4v) is 1.96. The van der Waals surface area contributed by atoms with Gasteiger partial charge in [-0.15, -0.1) is 0 Å². The summed E-state index contributed by atoms with van der Waals surface area (Å²) in [5.41, 5.74) is 1.91. The summed E-state index contributed by atoms with van der Waals surface area (Å²) in [6, 6.07) is 10.2. The summed E-state index contributed by atoms with van der Waals surface area (Å²) in [6.07, 6.45) is 6.68. The van der Waals surface area contributed by atoms with Crippen LogP contribution in [0.4, 0.5) is 0 Å². The predicted molar refractivity (Wildman–Crippen MR) is 74.4 cm³/mol. The Hall–Kier alpha value is -2.12. The van der Waals surface area contributed by atoms with Crippen LogP contribution in [0.25, 0.3) is 0 Å². The van der Waals surface area contributed by atoms with Crippen molar-refractivity contribution in [1.29, 1.82) is 5.26 Å². The van der Waals surface area contributed by atoms with Crippen molar-refractivity contribution >= 4 is 0 Å². The van der Waals surface area contributed by atoms with Crippen molar-refractivity contribution in [3.8, 4) is 6.07 Å². The van der Waals surface area contributed by atoms with Crippen molar-refractivity contribution in [3.63, 3.8) is 0 Å². The smallest absolute Gasteiger partial charge is 0.0991 e. The number of nitrogens with one attached hydrogen (secondary N) is 1. The summed E-state index contributed by atoms with van der Waals surface area (Å²) < 4.78 is 2.08. The second-order valence-corrected chi connectivity index (χ2v) is 4.56. The molecule has 1 unspecified atom stereocenters. The summed E-state index contributed by atoms with van der Waals surface area (Å²) in [5, 5.41) is 12.2. The topological polar surface area (TPSA) is 53.6 Å². The first kappa shape index (κ1) is 13.3. The first-order valence-electron chi connectivity index (χ1n) is 6.49. The van der Waals surface area contributed by atoms with Crippen molar-refractivity contribution in [3.05, 3.63) is 54.1 Å². The van der Waals surface area contributed by atoms with E-state index in [0.717, 1.165) is 19.5 Å². The third kappa shape index (κ3) is 3.94. The van der Waals surface area contributed by atoms with Gasteiger partial charge in [0.15, 0.2) is 0 Å². The van der Waals surface area contributed by atoms with Crippen LogP contribution in [0.1, 0.15) is 30.5 Å². The molecule has 0 aliphatic heterocycles. The van der Waals surface area contributed by atoms with Gasteiger partial charge in [-0.1, -0.05) is 12.1 Å². The molecule has 1 atom stereocenters. The Labute approximate surface area is 113 Å². The summed E-state index contributed by atoms with van der Waals surface area (Å²) in [6.45, 7) is 4.07. The molecule has 0 aliphatic carbocycles. The maximum atomic E-state index is 8.76. The highest BCUT2D eigenvalue weighted by molar-refractivity contribution is 5.32. The van der Waals surface area contributed by atoms with Gasteiger partial charge in [0.2, 0.25) is 0 Å². The molecule has 0 amide bonds. The lowest BCUT2D eigenvalue weighted by atomic mass is 10.1. The summed E-state index contributed by atoms with van der Waals surface area (Å²) in [5.74, 6) is 0. The summed E-state index contributed by atoms with van der Waals surface area (Å²) >= 11 is 0. The Morgan fingerprint density at radius 1 is 1.37 bits per heavy atom.